The molecule has 14 nitrogen and oxygen atoms in total. The maximum Gasteiger partial charge on any atom is 0.326 e. The van der Waals surface area contributed by atoms with Gasteiger partial charge in [-0.3, -0.25) is 24.0 Å². The van der Waals surface area contributed by atoms with Crippen molar-refractivity contribution in [1.29, 1.82) is 0 Å². The summed E-state index contributed by atoms with van der Waals surface area (Å²) in [6.07, 6.45) is 2.75. The summed E-state index contributed by atoms with van der Waals surface area (Å²) in [4.78, 5) is 73.3. The summed E-state index contributed by atoms with van der Waals surface area (Å²) in [5.41, 5.74) is 6.38. The molecule has 9 N–H and O–H groups in total. The predicted molar refractivity (Wildman–Crippen MR) is 144 cm³/mol. The molecule has 4 atom stereocenters. The standard InChI is InChI=1S/C27H38N4O10/c28-18(7-4-8-21(33)34)24(37)31-23(16-5-2-1-3-6-16)26(39)29-19(14-22(35)36)25(38)30-20(27(40)41)13-15-9-11-17(32)12-10-15/h9-12,16,18-20,23,32H,1-8,13-14,28H2,(H,29,39)(H,30,38)(H,31,37)(H,33,34)(H,35,36)(H,40,41)/t18-,19-,20+,23+/m0/s1. The molecule has 2 rings (SSSR count). The van der Waals surface area contributed by atoms with Crippen molar-refractivity contribution in [3.63, 3.8) is 0 Å². The van der Waals surface area contributed by atoms with Crippen LogP contribution in [0.4, 0.5) is 0 Å². The number of carboxylic acids is 3. The number of carboxylic acid groups (broad SMARTS) is 3. The van der Waals surface area contributed by atoms with E-state index in [1.54, 1.807) is 0 Å². The Kier molecular flexibility index (Phi) is 13.0. The minimum atomic E-state index is -1.64. The van der Waals surface area contributed by atoms with Gasteiger partial charge in [-0.2, -0.15) is 0 Å². The molecule has 0 heterocycles. The van der Waals surface area contributed by atoms with Crippen LogP contribution in [0, 0.1) is 5.92 Å². The molecule has 0 bridgehead atoms. The molecule has 0 radical (unpaired) electrons. The van der Waals surface area contributed by atoms with Crippen molar-refractivity contribution in [1.82, 2.24) is 16.0 Å². The summed E-state index contributed by atoms with van der Waals surface area (Å²) >= 11 is 0. The van der Waals surface area contributed by atoms with Crippen LogP contribution in [0.25, 0.3) is 0 Å². The lowest BCUT2D eigenvalue weighted by Crippen LogP contribution is -2.59. The average Bonchev–Trinajstić information content (AvgIpc) is 2.91. The first kappa shape index (κ1) is 33.0. The number of hydrogen-bond acceptors (Lipinski definition) is 8. The molecule has 0 unspecified atom stereocenters. The third kappa shape index (κ3) is 11.4. The minimum Gasteiger partial charge on any atom is -0.508 e. The lowest BCUT2D eigenvalue weighted by atomic mass is 9.83. The molecular formula is C27H38N4O10. The summed E-state index contributed by atoms with van der Waals surface area (Å²) in [5.74, 6) is -6.72. The topological polar surface area (TPSA) is 245 Å². The number of phenols is 1. The highest BCUT2D eigenvalue weighted by molar-refractivity contribution is 5.95. The first-order valence-electron chi connectivity index (χ1n) is 13.5. The van der Waals surface area contributed by atoms with Crippen molar-refractivity contribution < 1.29 is 49.2 Å². The zero-order chi connectivity index (χ0) is 30.5. The number of rotatable bonds is 16. The zero-order valence-corrected chi connectivity index (χ0v) is 22.6. The first-order valence-corrected chi connectivity index (χ1v) is 13.5. The Morgan fingerprint density at radius 3 is 1.98 bits per heavy atom. The van der Waals surface area contributed by atoms with E-state index in [2.05, 4.69) is 16.0 Å². The predicted octanol–water partition coefficient (Wildman–Crippen LogP) is 0.111. The Morgan fingerprint density at radius 1 is 0.805 bits per heavy atom. The van der Waals surface area contributed by atoms with E-state index in [1.807, 2.05) is 0 Å². The van der Waals surface area contributed by atoms with Crippen molar-refractivity contribution in [2.45, 2.75) is 88.4 Å². The zero-order valence-electron chi connectivity index (χ0n) is 22.6. The molecule has 0 aromatic heterocycles. The highest BCUT2D eigenvalue weighted by Gasteiger charge is 2.35. The van der Waals surface area contributed by atoms with E-state index in [4.69, 9.17) is 10.8 Å². The molecule has 1 aromatic rings. The average molecular weight is 579 g/mol. The summed E-state index contributed by atoms with van der Waals surface area (Å²) in [6.45, 7) is 0. The van der Waals surface area contributed by atoms with Gasteiger partial charge in [-0.1, -0.05) is 31.4 Å². The van der Waals surface area contributed by atoms with Crippen LogP contribution in [-0.4, -0.2) is 80.2 Å². The normalized spacial score (nSPS) is 16.4. The van der Waals surface area contributed by atoms with Gasteiger partial charge in [0.25, 0.3) is 0 Å². The first-order chi connectivity index (χ1) is 19.4. The Balaban J connectivity index is 2.17. The van der Waals surface area contributed by atoms with Gasteiger partial charge in [0.05, 0.1) is 12.5 Å². The van der Waals surface area contributed by atoms with E-state index in [0.717, 1.165) is 19.3 Å². The Morgan fingerprint density at radius 2 is 1.41 bits per heavy atom. The fourth-order valence-corrected chi connectivity index (χ4v) is 4.72. The molecule has 14 heteroatoms. The van der Waals surface area contributed by atoms with Gasteiger partial charge >= 0.3 is 17.9 Å². The molecule has 1 saturated carbocycles. The minimum absolute atomic E-state index is 0.0327. The molecule has 3 amide bonds. The van der Waals surface area contributed by atoms with E-state index in [9.17, 15) is 44.1 Å². The van der Waals surface area contributed by atoms with Gasteiger partial charge in [0.15, 0.2) is 0 Å². The van der Waals surface area contributed by atoms with Crippen molar-refractivity contribution >= 4 is 35.6 Å². The Labute approximate surface area is 236 Å². The number of phenolic OH excluding ortho intramolecular Hbond substituents is 1. The lowest BCUT2D eigenvalue weighted by Gasteiger charge is -2.32. The van der Waals surface area contributed by atoms with Crippen LogP contribution < -0.4 is 21.7 Å². The molecule has 0 saturated heterocycles. The number of hydrogen-bond donors (Lipinski definition) is 8. The highest BCUT2D eigenvalue weighted by Crippen LogP contribution is 2.27. The number of aromatic hydroxyl groups is 1. The summed E-state index contributed by atoms with van der Waals surface area (Å²) in [6, 6.07) is 0.317. The molecule has 0 aliphatic heterocycles. The summed E-state index contributed by atoms with van der Waals surface area (Å²) < 4.78 is 0. The van der Waals surface area contributed by atoms with Gasteiger partial charge in [-0.05, 0) is 49.3 Å². The van der Waals surface area contributed by atoms with Crippen molar-refractivity contribution in [2.24, 2.45) is 11.7 Å². The van der Waals surface area contributed by atoms with Crippen LogP contribution >= 0.6 is 0 Å². The summed E-state index contributed by atoms with van der Waals surface area (Å²) in [5, 5.41) is 44.5. The highest BCUT2D eigenvalue weighted by atomic mass is 16.4. The molecular weight excluding hydrogens is 540 g/mol. The fraction of sp³-hybridized carbons (Fsp3) is 0.556. The lowest BCUT2D eigenvalue weighted by molar-refractivity contribution is -0.143. The number of amides is 3. The second-order valence-corrected chi connectivity index (χ2v) is 10.2. The van der Waals surface area contributed by atoms with Crippen LogP contribution in [0.15, 0.2) is 24.3 Å². The van der Waals surface area contributed by atoms with E-state index in [-0.39, 0.29) is 37.4 Å². The number of benzene rings is 1. The number of nitrogens with one attached hydrogen (secondary N) is 3. The molecule has 1 fully saturated rings. The molecule has 1 aliphatic carbocycles. The molecule has 226 valence electrons. The molecule has 1 aromatic carbocycles. The SMILES string of the molecule is N[C@@H](CCCC(=O)O)C(=O)N[C@@H](C(=O)N[C@@H](CC(=O)O)C(=O)N[C@H](Cc1ccc(O)cc1)C(=O)O)C1CCCCC1. The number of carbonyl (C=O) groups excluding carboxylic acids is 3. The van der Waals surface area contributed by atoms with Gasteiger partial charge < -0.3 is 42.1 Å². The molecule has 0 spiro atoms. The number of nitrogens with two attached hydrogens (primary N) is 1. The molecule has 1 aliphatic rings. The van der Waals surface area contributed by atoms with Crippen molar-refractivity contribution in [3.8, 4) is 5.75 Å². The van der Waals surface area contributed by atoms with Crippen LogP contribution in [0.3, 0.4) is 0 Å². The third-order valence-electron chi connectivity index (χ3n) is 6.95. The monoisotopic (exact) mass is 578 g/mol. The largest absolute Gasteiger partial charge is 0.508 e. The molecule has 41 heavy (non-hydrogen) atoms. The van der Waals surface area contributed by atoms with E-state index in [1.165, 1.54) is 24.3 Å². The summed E-state index contributed by atoms with van der Waals surface area (Å²) in [7, 11) is 0. The maximum atomic E-state index is 13.4. The van der Waals surface area contributed by atoms with E-state index < -0.39 is 66.2 Å². The van der Waals surface area contributed by atoms with Crippen LogP contribution in [0.5, 0.6) is 5.75 Å². The van der Waals surface area contributed by atoms with Crippen molar-refractivity contribution in [2.75, 3.05) is 0 Å². The van der Waals surface area contributed by atoms with Gasteiger partial charge in [-0.25, -0.2) is 4.79 Å². The van der Waals surface area contributed by atoms with Crippen LogP contribution in [0.2, 0.25) is 0 Å². The van der Waals surface area contributed by atoms with Gasteiger partial charge in [0, 0.05) is 12.8 Å². The smallest absolute Gasteiger partial charge is 0.326 e. The van der Waals surface area contributed by atoms with Crippen molar-refractivity contribution in [3.05, 3.63) is 29.8 Å². The van der Waals surface area contributed by atoms with Gasteiger partial charge in [0.1, 0.15) is 23.9 Å². The quantitative estimate of drug-likeness (QED) is 0.131. The number of aliphatic carboxylic acids is 3. The third-order valence-corrected chi connectivity index (χ3v) is 6.95. The van der Waals surface area contributed by atoms with Gasteiger partial charge in [-0.15, -0.1) is 0 Å². The Bertz CT molecular complexity index is 1090. The maximum absolute atomic E-state index is 13.4. The second kappa shape index (κ2) is 16.2. The van der Waals surface area contributed by atoms with Gasteiger partial charge in [0.2, 0.25) is 17.7 Å². The van der Waals surface area contributed by atoms with E-state index >= 15 is 0 Å². The number of carbonyl (C=O) groups is 6. The van der Waals surface area contributed by atoms with Crippen LogP contribution in [-0.2, 0) is 35.2 Å². The Hall–Kier alpha value is -4.20. The fourth-order valence-electron chi connectivity index (χ4n) is 4.72. The second-order valence-electron chi connectivity index (χ2n) is 10.2. The van der Waals surface area contributed by atoms with E-state index in [0.29, 0.717) is 18.4 Å². The van der Waals surface area contributed by atoms with Crippen LogP contribution in [0.1, 0.15) is 63.4 Å².